The van der Waals surface area contributed by atoms with Crippen molar-refractivity contribution in [2.24, 2.45) is 0 Å². The van der Waals surface area contributed by atoms with Crippen LogP contribution in [0.5, 0.6) is 0 Å². The number of aliphatic hydroxyl groups excluding tert-OH is 1. The molecular weight excluding hydrogens is 302 g/mol. The van der Waals surface area contributed by atoms with E-state index < -0.39 is 11.7 Å². The summed E-state index contributed by atoms with van der Waals surface area (Å²) in [5, 5.41) is 23.6. The Bertz CT molecular complexity index is 640. The Morgan fingerprint density at radius 2 is 1.62 bits per heavy atom. The number of hydrogen-bond donors (Lipinski definition) is 3. The van der Waals surface area contributed by atoms with E-state index in [2.05, 4.69) is 5.32 Å². The van der Waals surface area contributed by atoms with Crippen molar-refractivity contribution in [1.82, 2.24) is 5.32 Å². The fourth-order valence-corrected chi connectivity index (χ4v) is 2.74. The van der Waals surface area contributed by atoms with Gasteiger partial charge in [0.2, 0.25) is 5.91 Å². The molecule has 0 saturated heterocycles. The molecule has 128 valence electrons. The SMILES string of the molecule is CC(CC(O)c1ccccc1)NC(=O)CC(C)(O)c1ccccc1. The molecule has 2 aromatic carbocycles. The van der Waals surface area contributed by atoms with E-state index in [4.69, 9.17) is 0 Å². The van der Waals surface area contributed by atoms with Gasteiger partial charge in [-0.3, -0.25) is 4.79 Å². The smallest absolute Gasteiger partial charge is 0.223 e. The lowest BCUT2D eigenvalue weighted by Crippen LogP contribution is -2.38. The number of nitrogens with one attached hydrogen (secondary N) is 1. The van der Waals surface area contributed by atoms with Gasteiger partial charge in [0.15, 0.2) is 0 Å². The molecule has 0 heterocycles. The van der Waals surface area contributed by atoms with Crippen molar-refractivity contribution in [3.05, 3.63) is 71.8 Å². The van der Waals surface area contributed by atoms with E-state index in [9.17, 15) is 15.0 Å². The Hall–Kier alpha value is -2.17. The molecule has 0 aliphatic heterocycles. The van der Waals surface area contributed by atoms with Crippen LogP contribution >= 0.6 is 0 Å². The monoisotopic (exact) mass is 327 g/mol. The van der Waals surface area contributed by atoms with Gasteiger partial charge in [-0.15, -0.1) is 0 Å². The third kappa shape index (κ3) is 5.18. The summed E-state index contributed by atoms with van der Waals surface area (Å²) in [5.41, 5.74) is 0.315. The second kappa shape index (κ2) is 8.08. The lowest BCUT2D eigenvalue weighted by atomic mass is 9.92. The minimum Gasteiger partial charge on any atom is -0.388 e. The van der Waals surface area contributed by atoms with Gasteiger partial charge in [0, 0.05) is 6.04 Å². The topological polar surface area (TPSA) is 69.6 Å². The predicted octanol–water partition coefficient (Wildman–Crippen LogP) is 2.91. The molecule has 0 aliphatic rings. The average molecular weight is 327 g/mol. The Kier molecular flexibility index (Phi) is 6.12. The molecule has 2 aromatic rings. The van der Waals surface area contributed by atoms with Gasteiger partial charge in [0.25, 0.3) is 0 Å². The van der Waals surface area contributed by atoms with E-state index in [1.54, 1.807) is 19.1 Å². The number of carbonyl (C=O) groups is 1. The molecule has 0 aliphatic carbocycles. The average Bonchev–Trinajstić information content (AvgIpc) is 2.55. The molecule has 0 aromatic heterocycles. The van der Waals surface area contributed by atoms with Crippen LogP contribution in [0.2, 0.25) is 0 Å². The van der Waals surface area contributed by atoms with Gasteiger partial charge in [0.1, 0.15) is 0 Å². The molecule has 3 atom stereocenters. The third-order valence-corrected chi connectivity index (χ3v) is 4.07. The van der Waals surface area contributed by atoms with Crippen LogP contribution in [0.25, 0.3) is 0 Å². The highest BCUT2D eigenvalue weighted by Gasteiger charge is 2.27. The summed E-state index contributed by atoms with van der Waals surface area (Å²) in [7, 11) is 0. The van der Waals surface area contributed by atoms with Crippen molar-refractivity contribution in [1.29, 1.82) is 0 Å². The van der Waals surface area contributed by atoms with E-state index in [-0.39, 0.29) is 18.4 Å². The number of benzene rings is 2. The summed E-state index contributed by atoms with van der Waals surface area (Å²) in [5.74, 6) is -0.239. The maximum Gasteiger partial charge on any atom is 0.223 e. The number of amides is 1. The lowest BCUT2D eigenvalue weighted by molar-refractivity contribution is -0.126. The summed E-state index contributed by atoms with van der Waals surface area (Å²) in [4.78, 5) is 12.2. The van der Waals surface area contributed by atoms with E-state index in [1.165, 1.54) is 0 Å². The van der Waals surface area contributed by atoms with Crippen molar-refractivity contribution in [2.45, 2.75) is 44.4 Å². The molecule has 0 radical (unpaired) electrons. The van der Waals surface area contributed by atoms with Crippen LogP contribution in [-0.4, -0.2) is 22.2 Å². The minimum absolute atomic E-state index is 0.0250. The highest BCUT2D eigenvalue weighted by atomic mass is 16.3. The Labute approximate surface area is 143 Å². The van der Waals surface area contributed by atoms with Gasteiger partial charge < -0.3 is 15.5 Å². The molecule has 2 rings (SSSR count). The zero-order valence-corrected chi connectivity index (χ0v) is 14.1. The first-order chi connectivity index (χ1) is 11.4. The van der Waals surface area contributed by atoms with Crippen molar-refractivity contribution in [2.75, 3.05) is 0 Å². The molecule has 3 N–H and O–H groups in total. The summed E-state index contributed by atoms with van der Waals surface area (Å²) in [6.45, 7) is 3.48. The number of aliphatic hydroxyl groups is 2. The highest BCUT2D eigenvalue weighted by molar-refractivity contribution is 5.77. The zero-order chi connectivity index (χ0) is 17.6. The maximum absolute atomic E-state index is 12.2. The molecule has 0 spiro atoms. The molecule has 4 nitrogen and oxygen atoms in total. The van der Waals surface area contributed by atoms with Gasteiger partial charge in [0.05, 0.1) is 18.1 Å². The standard InChI is InChI=1S/C20H25NO3/c1-15(13-18(22)16-9-5-3-6-10-16)21-19(23)14-20(2,24)17-11-7-4-8-12-17/h3-12,15,18,22,24H,13-14H2,1-2H3,(H,21,23). The molecule has 24 heavy (non-hydrogen) atoms. The largest absolute Gasteiger partial charge is 0.388 e. The first-order valence-corrected chi connectivity index (χ1v) is 8.19. The van der Waals surface area contributed by atoms with Crippen LogP contribution in [0.1, 0.15) is 43.9 Å². The van der Waals surface area contributed by atoms with Crippen molar-refractivity contribution < 1.29 is 15.0 Å². The van der Waals surface area contributed by atoms with Crippen LogP contribution in [0.4, 0.5) is 0 Å². The van der Waals surface area contributed by atoms with Crippen molar-refractivity contribution >= 4 is 5.91 Å². The summed E-state index contributed by atoms with van der Waals surface area (Å²) in [6, 6.07) is 18.3. The first-order valence-electron chi connectivity index (χ1n) is 8.19. The molecule has 0 saturated carbocycles. The van der Waals surface area contributed by atoms with E-state index in [1.807, 2.05) is 55.5 Å². The third-order valence-electron chi connectivity index (χ3n) is 4.07. The van der Waals surface area contributed by atoms with E-state index in [0.29, 0.717) is 12.0 Å². The Morgan fingerprint density at radius 1 is 1.08 bits per heavy atom. The normalized spacial score (nSPS) is 16.0. The molecule has 0 bridgehead atoms. The van der Waals surface area contributed by atoms with E-state index in [0.717, 1.165) is 5.56 Å². The van der Waals surface area contributed by atoms with Crippen molar-refractivity contribution in [3.8, 4) is 0 Å². The maximum atomic E-state index is 12.2. The van der Waals surface area contributed by atoms with Crippen LogP contribution in [0.3, 0.4) is 0 Å². The number of carbonyl (C=O) groups excluding carboxylic acids is 1. The van der Waals surface area contributed by atoms with Crippen LogP contribution in [0, 0.1) is 0 Å². The first kappa shape index (κ1) is 18.2. The summed E-state index contributed by atoms with van der Waals surface area (Å²) >= 11 is 0. The predicted molar refractivity (Wildman–Crippen MR) is 94.3 cm³/mol. The molecule has 0 fully saturated rings. The van der Waals surface area contributed by atoms with Gasteiger partial charge in [-0.25, -0.2) is 0 Å². The zero-order valence-electron chi connectivity index (χ0n) is 14.1. The van der Waals surface area contributed by atoms with Gasteiger partial charge in [-0.2, -0.15) is 0 Å². The Balaban J connectivity index is 1.87. The minimum atomic E-state index is -1.22. The molecule has 3 unspecified atom stereocenters. The molecule has 4 heteroatoms. The molecule has 1 amide bonds. The van der Waals surface area contributed by atoms with Gasteiger partial charge in [-0.1, -0.05) is 60.7 Å². The van der Waals surface area contributed by atoms with Crippen LogP contribution in [0.15, 0.2) is 60.7 Å². The van der Waals surface area contributed by atoms with Crippen LogP contribution < -0.4 is 5.32 Å². The van der Waals surface area contributed by atoms with Crippen molar-refractivity contribution in [3.63, 3.8) is 0 Å². The Morgan fingerprint density at radius 3 is 2.21 bits per heavy atom. The number of hydrogen-bond acceptors (Lipinski definition) is 3. The fourth-order valence-electron chi connectivity index (χ4n) is 2.74. The lowest BCUT2D eigenvalue weighted by Gasteiger charge is -2.25. The fraction of sp³-hybridized carbons (Fsp3) is 0.350. The second-order valence-corrected chi connectivity index (χ2v) is 6.45. The quantitative estimate of drug-likeness (QED) is 0.732. The van der Waals surface area contributed by atoms with Gasteiger partial charge in [-0.05, 0) is 31.4 Å². The molecular formula is C20H25NO3. The van der Waals surface area contributed by atoms with Crippen LogP contribution in [-0.2, 0) is 10.4 Å². The number of rotatable bonds is 7. The van der Waals surface area contributed by atoms with E-state index >= 15 is 0 Å². The highest BCUT2D eigenvalue weighted by Crippen LogP contribution is 2.24. The van der Waals surface area contributed by atoms with Gasteiger partial charge >= 0.3 is 0 Å². The summed E-state index contributed by atoms with van der Waals surface area (Å²) in [6.07, 6.45) is -0.234. The second-order valence-electron chi connectivity index (χ2n) is 6.45. The summed E-state index contributed by atoms with van der Waals surface area (Å²) < 4.78 is 0.